The van der Waals surface area contributed by atoms with Crippen molar-refractivity contribution >= 4 is 11.4 Å². The Morgan fingerprint density at radius 2 is 0.968 bits per heavy atom. The van der Waals surface area contributed by atoms with Gasteiger partial charge in [-0.25, -0.2) is 0 Å². The van der Waals surface area contributed by atoms with Crippen molar-refractivity contribution in [3.8, 4) is 11.1 Å². The van der Waals surface area contributed by atoms with Gasteiger partial charge in [0.2, 0.25) is 0 Å². The van der Waals surface area contributed by atoms with Crippen molar-refractivity contribution in [3.63, 3.8) is 0 Å². The quantitative estimate of drug-likeness (QED) is 0.354. The third kappa shape index (κ3) is 3.82. The second-order valence-corrected chi connectivity index (χ2v) is 8.82. The van der Waals surface area contributed by atoms with Gasteiger partial charge in [-0.15, -0.1) is 0 Å². The Morgan fingerprint density at radius 3 is 1.39 bits per heavy atom. The van der Waals surface area contributed by atoms with Gasteiger partial charge in [0.05, 0.1) is 0 Å². The Kier molecular flexibility index (Phi) is 4.99. The largest absolute Gasteiger partial charge is 0.381 e. The third-order valence-corrected chi connectivity index (χ3v) is 6.35. The van der Waals surface area contributed by atoms with Gasteiger partial charge >= 0.3 is 0 Å². The van der Waals surface area contributed by atoms with E-state index in [9.17, 15) is 0 Å². The first-order valence-corrected chi connectivity index (χ1v) is 11.0. The number of benzene rings is 4. The van der Waals surface area contributed by atoms with Crippen molar-refractivity contribution in [3.05, 3.63) is 119 Å². The molecular weight excluding hydrogens is 376 g/mol. The molecule has 0 aromatic heterocycles. The zero-order chi connectivity index (χ0) is 21.3. The maximum atomic E-state index is 3.59. The van der Waals surface area contributed by atoms with Gasteiger partial charge in [-0.1, -0.05) is 86.6 Å². The van der Waals surface area contributed by atoms with Gasteiger partial charge in [-0.05, 0) is 57.6 Å². The highest BCUT2D eigenvalue weighted by atomic mass is 14.9. The Hall–Kier alpha value is -3.52. The van der Waals surface area contributed by atoms with Crippen LogP contribution in [0.1, 0.15) is 36.1 Å². The lowest BCUT2D eigenvalue weighted by Gasteiger charge is -2.23. The lowest BCUT2D eigenvalue weighted by Crippen LogP contribution is -2.15. The first-order valence-electron chi connectivity index (χ1n) is 11.0. The van der Waals surface area contributed by atoms with E-state index in [1.165, 1.54) is 44.8 Å². The summed E-state index contributed by atoms with van der Waals surface area (Å²) >= 11 is 0. The molecule has 2 N–H and O–H groups in total. The maximum absolute atomic E-state index is 3.59. The molecule has 1 aliphatic rings. The van der Waals surface area contributed by atoms with E-state index >= 15 is 0 Å². The molecule has 4 aromatic carbocycles. The molecule has 2 heteroatoms. The molecule has 0 radical (unpaired) electrons. The number of hydrogen-bond acceptors (Lipinski definition) is 2. The van der Waals surface area contributed by atoms with E-state index in [2.05, 4.69) is 122 Å². The number of anilines is 2. The van der Waals surface area contributed by atoms with Crippen molar-refractivity contribution in [1.29, 1.82) is 0 Å². The molecule has 0 fully saturated rings. The Morgan fingerprint density at radius 1 is 0.548 bits per heavy atom. The molecule has 5 rings (SSSR count). The first-order chi connectivity index (χ1) is 15.1. The van der Waals surface area contributed by atoms with Crippen LogP contribution >= 0.6 is 0 Å². The summed E-state index contributed by atoms with van der Waals surface area (Å²) in [6.07, 6.45) is 0. The van der Waals surface area contributed by atoms with Crippen molar-refractivity contribution in [1.82, 2.24) is 0 Å². The summed E-state index contributed by atoms with van der Waals surface area (Å²) in [5, 5.41) is 7.19. The van der Waals surface area contributed by atoms with Crippen LogP contribution in [0.15, 0.2) is 97.1 Å². The molecule has 4 aromatic rings. The second-order valence-electron chi connectivity index (χ2n) is 8.82. The topological polar surface area (TPSA) is 24.1 Å². The van der Waals surface area contributed by atoms with Crippen LogP contribution in [0.2, 0.25) is 0 Å². The standard InChI is InChI=1S/C29H28N2/c1-29(2)27-17-23(30-19-21-9-5-3-6-10-21)13-15-25(27)26-16-14-24(18-28(26)29)31-20-22-11-7-4-8-12-22/h3-18,30-31H,19-20H2,1-2H3. The summed E-state index contributed by atoms with van der Waals surface area (Å²) in [5.74, 6) is 0. The molecule has 2 nitrogen and oxygen atoms in total. The molecule has 1 aliphatic carbocycles. The Balaban J connectivity index is 1.37. The van der Waals surface area contributed by atoms with Crippen molar-refractivity contribution in [2.75, 3.05) is 10.6 Å². The van der Waals surface area contributed by atoms with Gasteiger partial charge in [0.25, 0.3) is 0 Å². The molecule has 0 saturated carbocycles. The van der Waals surface area contributed by atoms with E-state index in [1.54, 1.807) is 0 Å². The minimum absolute atomic E-state index is 0.0282. The Bertz CT molecular complexity index is 1100. The maximum Gasteiger partial charge on any atom is 0.0400 e. The second kappa shape index (κ2) is 7.96. The van der Waals surface area contributed by atoms with Gasteiger partial charge in [0, 0.05) is 29.9 Å². The van der Waals surface area contributed by atoms with Crippen LogP contribution in [0, 0.1) is 0 Å². The van der Waals surface area contributed by atoms with E-state index < -0.39 is 0 Å². The van der Waals surface area contributed by atoms with Crippen LogP contribution < -0.4 is 10.6 Å². The molecule has 0 spiro atoms. The number of fused-ring (bicyclic) bond motifs is 3. The molecule has 0 bridgehead atoms. The third-order valence-electron chi connectivity index (χ3n) is 6.35. The van der Waals surface area contributed by atoms with Crippen molar-refractivity contribution in [2.24, 2.45) is 0 Å². The number of hydrogen-bond donors (Lipinski definition) is 2. The number of nitrogens with one attached hydrogen (secondary N) is 2. The van der Waals surface area contributed by atoms with Gasteiger partial charge in [0.1, 0.15) is 0 Å². The molecule has 0 unspecified atom stereocenters. The average Bonchev–Trinajstić information content (AvgIpc) is 3.04. The van der Waals surface area contributed by atoms with Crippen LogP contribution in [0.25, 0.3) is 11.1 Å². The predicted octanol–water partition coefficient (Wildman–Crippen LogP) is 7.22. The average molecular weight is 405 g/mol. The molecule has 0 saturated heterocycles. The zero-order valence-corrected chi connectivity index (χ0v) is 18.2. The molecule has 0 aliphatic heterocycles. The minimum atomic E-state index is -0.0282. The normalized spacial score (nSPS) is 13.4. The summed E-state index contributed by atoms with van der Waals surface area (Å²) in [5.41, 5.74) is 10.4. The SMILES string of the molecule is CC1(C)c2cc(NCc3ccccc3)ccc2-c2ccc(NCc3ccccc3)cc21. The molecule has 0 heterocycles. The fourth-order valence-corrected chi connectivity index (χ4v) is 4.56. The summed E-state index contributed by atoms with van der Waals surface area (Å²) in [6.45, 7) is 6.33. The van der Waals surface area contributed by atoms with Gasteiger partial charge in [-0.3, -0.25) is 0 Å². The lowest BCUT2D eigenvalue weighted by molar-refractivity contribution is 0.660. The monoisotopic (exact) mass is 404 g/mol. The lowest BCUT2D eigenvalue weighted by atomic mass is 9.82. The van der Waals surface area contributed by atoms with Crippen molar-refractivity contribution < 1.29 is 0 Å². The molecule has 31 heavy (non-hydrogen) atoms. The van der Waals surface area contributed by atoms with E-state index in [0.29, 0.717) is 0 Å². The Labute approximate surface area is 185 Å². The fraction of sp³-hybridized carbons (Fsp3) is 0.172. The molecule has 154 valence electrons. The highest BCUT2D eigenvalue weighted by molar-refractivity contribution is 5.83. The highest BCUT2D eigenvalue weighted by Crippen LogP contribution is 2.50. The van der Waals surface area contributed by atoms with E-state index in [4.69, 9.17) is 0 Å². The summed E-state index contributed by atoms with van der Waals surface area (Å²) in [7, 11) is 0. The van der Waals surface area contributed by atoms with Crippen LogP contribution in [0.5, 0.6) is 0 Å². The van der Waals surface area contributed by atoms with E-state index in [1.807, 2.05) is 0 Å². The molecule has 0 amide bonds. The summed E-state index contributed by atoms with van der Waals surface area (Å²) < 4.78 is 0. The van der Waals surface area contributed by atoms with Crippen LogP contribution in [0.4, 0.5) is 11.4 Å². The van der Waals surface area contributed by atoms with E-state index in [0.717, 1.165) is 13.1 Å². The molecular formula is C29H28N2. The van der Waals surface area contributed by atoms with E-state index in [-0.39, 0.29) is 5.41 Å². The number of rotatable bonds is 6. The molecule has 0 atom stereocenters. The van der Waals surface area contributed by atoms with Gasteiger partial charge in [-0.2, -0.15) is 0 Å². The van der Waals surface area contributed by atoms with Crippen LogP contribution in [-0.4, -0.2) is 0 Å². The smallest absolute Gasteiger partial charge is 0.0400 e. The van der Waals surface area contributed by atoms with Crippen LogP contribution in [0.3, 0.4) is 0 Å². The van der Waals surface area contributed by atoms with Gasteiger partial charge < -0.3 is 10.6 Å². The van der Waals surface area contributed by atoms with Gasteiger partial charge in [0.15, 0.2) is 0 Å². The first kappa shape index (κ1) is 19.4. The predicted molar refractivity (Wildman–Crippen MR) is 132 cm³/mol. The minimum Gasteiger partial charge on any atom is -0.381 e. The zero-order valence-electron chi connectivity index (χ0n) is 18.2. The van der Waals surface area contributed by atoms with Crippen molar-refractivity contribution in [2.45, 2.75) is 32.4 Å². The summed E-state index contributed by atoms with van der Waals surface area (Å²) in [4.78, 5) is 0. The fourth-order valence-electron chi connectivity index (χ4n) is 4.56. The van der Waals surface area contributed by atoms with Crippen LogP contribution in [-0.2, 0) is 18.5 Å². The highest BCUT2D eigenvalue weighted by Gasteiger charge is 2.35. The summed E-state index contributed by atoms with van der Waals surface area (Å²) in [6, 6.07) is 34.7.